The number of allylic oxidation sites excluding steroid dienone is 3. The predicted octanol–water partition coefficient (Wildman–Crippen LogP) is 5.07. The molecule has 0 saturated carbocycles. The van der Waals surface area contributed by atoms with Crippen LogP contribution in [0.15, 0.2) is 73.5 Å². The number of aromatic amines is 2. The molecule has 0 aliphatic rings. The average molecular weight is 465 g/mol. The first-order valence-electron chi connectivity index (χ1n) is 11.4. The van der Waals surface area contributed by atoms with Gasteiger partial charge in [0.15, 0.2) is 0 Å². The van der Waals surface area contributed by atoms with E-state index in [0.717, 1.165) is 68.1 Å². The fourth-order valence-electron chi connectivity index (χ4n) is 4.21. The van der Waals surface area contributed by atoms with Crippen molar-refractivity contribution in [2.75, 3.05) is 20.6 Å². The van der Waals surface area contributed by atoms with E-state index in [2.05, 4.69) is 54.8 Å². The van der Waals surface area contributed by atoms with Gasteiger partial charge in [0.2, 0.25) is 0 Å². The van der Waals surface area contributed by atoms with E-state index in [0.29, 0.717) is 0 Å². The molecule has 0 unspecified atom stereocenters. The van der Waals surface area contributed by atoms with E-state index < -0.39 is 0 Å². The molecule has 8 heteroatoms. The first kappa shape index (κ1) is 22.5. The first-order chi connectivity index (χ1) is 17.0. The lowest BCUT2D eigenvalue weighted by Crippen LogP contribution is -2.14. The first-order valence-corrected chi connectivity index (χ1v) is 11.4. The largest absolute Gasteiger partial charge is 0.352 e. The van der Waals surface area contributed by atoms with Gasteiger partial charge in [-0.2, -0.15) is 5.10 Å². The van der Waals surface area contributed by atoms with E-state index in [4.69, 9.17) is 4.98 Å². The van der Waals surface area contributed by atoms with Gasteiger partial charge in [0, 0.05) is 18.1 Å². The summed E-state index contributed by atoms with van der Waals surface area (Å²) < 4.78 is 1.98. The average Bonchev–Trinajstić information content (AvgIpc) is 3.58. The van der Waals surface area contributed by atoms with Gasteiger partial charge in [-0.3, -0.25) is 10.1 Å². The van der Waals surface area contributed by atoms with Crippen LogP contribution in [0.25, 0.3) is 44.6 Å². The molecule has 0 aromatic carbocycles. The van der Waals surface area contributed by atoms with E-state index in [1.54, 1.807) is 6.33 Å². The molecule has 2 N–H and O–H groups in total. The number of aryl methyl sites for hydroxylation is 1. The highest BCUT2D eigenvalue weighted by Crippen LogP contribution is 2.31. The molecule has 5 heterocycles. The molecular weight excluding hydrogens is 436 g/mol. The molecule has 8 nitrogen and oxygen atoms in total. The molecular formula is C27H28N8. The molecule has 0 amide bonds. The Morgan fingerprint density at radius 1 is 1.20 bits per heavy atom. The molecule has 0 atom stereocenters. The van der Waals surface area contributed by atoms with Crippen LogP contribution in [0.4, 0.5) is 0 Å². The third-order valence-electron chi connectivity index (χ3n) is 5.89. The molecule has 5 aromatic heterocycles. The van der Waals surface area contributed by atoms with Crippen molar-refractivity contribution in [1.29, 1.82) is 0 Å². The van der Waals surface area contributed by atoms with Gasteiger partial charge in [-0.25, -0.2) is 9.97 Å². The highest BCUT2D eigenvalue weighted by molar-refractivity contribution is 5.96. The minimum atomic E-state index is 0.766. The number of hydrogen-bond acceptors (Lipinski definition) is 5. The summed E-state index contributed by atoms with van der Waals surface area (Å²) in [5, 5.41) is 8.75. The van der Waals surface area contributed by atoms with Crippen molar-refractivity contribution in [3.8, 4) is 17.1 Å². The van der Waals surface area contributed by atoms with E-state index in [9.17, 15) is 0 Å². The Kier molecular flexibility index (Phi) is 5.88. The lowest BCUT2D eigenvalue weighted by Gasteiger charge is -2.11. The molecule has 0 bridgehead atoms. The fourth-order valence-corrected chi connectivity index (χ4v) is 4.21. The van der Waals surface area contributed by atoms with Crippen LogP contribution in [0.3, 0.4) is 0 Å². The second kappa shape index (κ2) is 9.15. The van der Waals surface area contributed by atoms with Crippen LogP contribution in [0.2, 0.25) is 0 Å². The van der Waals surface area contributed by atoms with Gasteiger partial charge < -0.3 is 14.5 Å². The summed E-state index contributed by atoms with van der Waals surface area (Å²) in [5.74, 6) is 0. The number of nitrogens with one attached hydrogen (secondary N) is 2. The smallest absolute Gasteiger partial charge is 0.135 e. The van der Waals surface area contributed by atoms with Gasteiger partial charge in [0.1, 0.15) is 11.2 Å². The molecule has 0 radical (unpaired) electrons. The minimum absolute atomic E-state index is 0.766. The van der Waals surface area contributed by atoms with Crippen molar-refractivity contribution in [3.63, 3.8) is 0 Å². The molecule has 0 fully saturated rings. The monoisotopic (exact) mass is 464 g/mol. The number of nitrogens with zero attached hydrogens (tertiary/aromatic N) is 6. The second-order valence-electron chi connectivity index (χ2n) is 8.80. The topological polar surface area (TPSA) is 91.3 Å². The molecule has 0 saturated heterocycles. The highest BCUT2D eigenvalue weighted by atomic mass is 15.1. The fraction of sp³-hybridized carbons (Fsp3) is 0.185. The summed E-state index contributed by atoms with van der Waals surface area (Å²) in [4.78, 5) is 19.4. The van der Waals surface area contributed by atoms with Crippen LogP contribution in [0, 0.1) is 6.92 Å². The summed E-state index contributed by atoms with van der Waals surface area (Å²) in [5.41, 5.74) is 9.20. The third-order valence-corrected chi connectivity index (χ3v) is 5.89. The number of pyridine rings is 2. The van der Waals surface area contributed by atoms with Crippen LogP contribution in [0.5, 0.6) is 0 Å². The number of rotatable bonds is 7. The van der Waals surface area contributed by atoms with E-state index in [1.807, 2.05) is 69.3 Å². The van der Waals surface area contributed by atoms with Gasteiger partial charge in [-0.05, 0) is 63.4 Å². The summed E-state index contributed by atoms with van der Waals surface area (Å²) in [6, 6.07) is 6.13. The zero-order valence-corrected chi connectivity index (χ0v) is 20.4. The van der Waals surface area contributed by atoms with Crippen molar-refractivity contribution in [1.82, 2.24) is 39.6 Å². The van der Waals surface area contributed by atoms with Crippen LogP contribution in [0.1, 0.15) is 18.3 Å². The summed E-state index contributed by atoms with van der Waals surface area (Å²) in [6.45, 7) is 8.77. The minimum Gasteiger partial charge on any atom is -0.352 e. The van der Waals surface area contributed by atoms with Crippen LogP contribution < -0.4 is 0 Å². The number of imidazole rings is 1. The predicted molar refractivity (Wildman–Crippen MR) is 141 cm³/mol. The number of fused-ring (bicyclic) bond motifs is 2. The lowest BCUT2D eigenvalue weighted by atomic mass is 10.1. The van der Waals surface area contributed by atoms with Gasteiger partial charge >= 0.3 is 0 Å². The van der Waals surface area contributed by atoms with Crippen molar-refractivity contribution in [3.05, 3.63) is 84.9 Å². The number of aromatic nitrogens is 7. The number of hydrogen-bond donors (Lipinski definition) is 2. The lowest BCUT2D eigenvalue weighted by molar-refractivity contribution is 0.449. The zero-order valence-electron chi connectivity index (χ0n) is 20.4. The van der Waals surface area contributed by atoms with Gasteiger partial charge in [-0.1, -0.05) is 18.7 Å². The van der Waals surface area contributed by atoms with Gasteiger partial charge in [0.05, 0.1) is 52.5 Å². The van der Waals surface area contributed by atoms with Crippen molar-refractivity contribution in [2.24, 2.45) is 0 Å². The van der Waals surface area contributed by atoms with Crippen molar-refractivity contribution in [2.45, 2.75) is 13.8 Å². The van der Waals surface area contributed by atoms with Gasteiger partial charge in [-0.15, -0.1) is 0 Å². The molecule has 5 rings (SSSR count). The number of H-pyrrole nitrogens is 2. The molecule has 0 aliphatic carbocycles. The van der Waals surface area contributed by atoms with Crippen LogP contribution >= 0.6 is 0 Å². The van der Waals surface area contributed by atoms with E-state index in [1.165, 1.54) is 0 Å². The summed E-state index contributed by atoms with van der Waals surface area (Å²) >= 11 is 0. The Morgan fingerprint density at radius 2 is 2.06 bits per heavy atom. The van der Waals surface area contributed by atoms with E-state index >= 15 is 0 Å². The maximum atomic E-state index is 5.00. The Balaban J connectivity index is 1.59. The zero-order chi connectivity index (χ0) is 24.5. The maximum absolute atomic E-state index is 5.00. The Bertz CT molecular complexity index is 1590. The van der Waals surface area contributed by atoms with Crippen molar-refractivity contribution >= 4 is 27.5 Å². The maximum Gasteiger partial charge on any atom is 0.135 e. The Morgan fingerprint density at radius 3 is 2.77 bits per heavy atom. The molecule has 5 aromatic rings. The summed E-state index contributed by atoms with van der Waals surface area (Å²) in [7, 11) is 4.09. The summed E-state index contributed by atoms with van der Waals surface area (Å²) in [6.07, 6.45) is 13.6. The molecule has 0 spiro atoms. The molecule has 35 heavy (non-hydrogen) atoms. The standard InChI is InChI=1S/C27H28N8/c1-6-18(15-34(4)5)10-19(7-2)21-8-9-22-26(31-21)27(33-32-22)23-11-20-24(30-23)12-28-13-25(20)35-14-17(3)29-16-35/h6-14,16,30H,1,15H2,2-5H3,(H,32,33)/b18-10+,19-7+. The van der Waals surface area contributed by atoms with E-state index in [-0.39, 0.29) is 0 Å². The molecule has 176 valence electrons. The highest BCUT2D eigenvalue weighted by Gasteiger charge is 2.16. The van der Waals surface area contributed by atoms with Gasteiger partial charge in [0.25, 0.3) is 0 Å². The Labute approximate surface area is 203 Å². The normalized spacial score (nSPS) is 12.8. The second-order valence-corrected chi connectivity index (χ2v) is 8.80. The van der Waals surface area contributed by atoms with Crippen LogP contribution in [-0.2, 0) is 0 Å². The third kappa shape index (κ3) is 4.31. The Hall–Kier alpha value is -4.30. The quantitative estimate of drug-likeness (QED) is 0.328. The molecule has 0 aliphatic heterocycles. The van der Waals surface area contributed by atoms with Crippen molar-refractivity contribution < 1.29 is 0 Å². The SMILES string of the molecule is C=C/C(=C\C(=C/C)c1ccc2[nH]nc(-c3cc4c(-n5cnc(C)c5)cncc4[nH]3)c2n1)CN(C)C. The number of likely N-dealkylation sites (N-methyl/N-ethyl adjacent to an activating group) is 1. The van der Waals surface area contributed by atoms with Crippen LogP contribution in [-0.4, -0.2) is 60.2 Å².